The Morgan fingerprint density at radius 1 is 1.23 bits per heavy atom. The van der Waals surface area contributed by atoms with E-state index in [0.29, 0.717) is 28.0 Å². The lowest BCUT2D eigenvalue weighted by Gasteiger charge is -2.20. The molecule has 0 bridgehead atoms. The van der Waals surface area contributed by atoms with Crippen molar-refractivity contribution in [3.8, 4) is 16.9 Å². The maximum Gasteiger partial charge on any atom is 0.157 e. The molecule has 2 heterocycles. The van der Waals surface area contributed by atoms with Crippen molar-refractivity contribution >= 4 is 28.9 Å². The molecule has 0 saturated heterocycles. The van der Waals surface area contributed by atoms with E-state index < -0.39 is 5.82 Å². The van der Waals surface area contributed by atoms with Crippen LogP contribution in [0.3, 0.4) is 0 Å². The summed E-state index contributed by atoms with van der Waals surface area (Å²) >= 11 is 12.8. The molecule has 4 nitrogen and oxygen atoms in total. The van der Waals surface area contributed by atoms with Crippen LogP contribution >= 0.6 is 23.2 Å². The van der Waals surface area contributed by atoms with E-state index in [9.17, 15) is 4.39 Å². The minimum atomic E-state index is -0.435. The van der Waals surface area contributed by atoms with Crippen molar-refractivity contribution < 1.29 is 4.39 Å². The molecule has 2 aromatic heterocycles. The Hall–Kier alpha value is -2.11. The van der Waals surface area contributed by atoms with Crippen molar-refractivity contribution in [3.05, 3.63) is 58.7 Å². The van der Waals surface area contributed by atoms with Gasteiger partial charge in [0.1, 0.15) is 11.0 Å². The van der Waals surface area contributed by atoms with Crippen molar-refractivity contribution in [3.63, 3.8) is 0 Å². The Balaban J connectivity index is 1.88. The van der Waals surface area contributed by atoms with Gasteiger partial charge in [-0.05, 0) is 43.9 Å². The fraction of sp³-hybridized carbons (Fsp3) is 0.263. The number of nitrogens with zero attached hydrogens (tertiary/aromatic N) is 3. The normalized spacial score (nSPS) is 15.1. The van der Waals surface area contributed by atoms with Gasteiger partial charge in [0.15, 0.2) is 5.82 Å². The fourth-order valence-electron chi connectivity index (χ4n) is 3.07. The first-order valence-electron chi connectivity index (χ1n) is 8.46. The summed E-state index contributed by atoms with van der Waals surface area (Å²) in [4.78, 5) is 4.40. The number of anilines is 1. The van der Waals surface area contributed by atoms with E-state index in [1.807, 2.05) is 6.07 Å². The molecule has 26 heavy (non-hydrogen) atoms. The van der Waals surface area contributed by atoms with Gasteiger partial charge in [-0.1, -0.05) is 29.3 Å². The molecule has 7 heteroatoms. The van der Waals surface area contributed by atoms with Crippen LogP contribution in [-0.4, -0.2) is 20.8 Å². The second-order valence-electron chi connectivity index (χ2n) is 6.51. The van der Waals surface area contributed by atoms with Crippen LogP contribution in [-0.2, 0) is 0 Å². The first kappa shape index (κ1) is 17.3. The third kappa shape index (κ3) is 3.29. The Labute approximate surface area is 161 Å². The molecule has 1 aliphatic carbocycles. The maximum absolute atomic E-state index is 14.6. The number of aromatic nitrogens is 3. The maximum atomic E-state index is 14.6. The minimum Gasteiger partial charge on any atom is -0.382 e. The monoisotopic (exact) mass is 390 g/mol. The molecule has 4 rings (SSSR count). The van der Waals surface area contributed by atoms with Crippen LogP contribution in [0, 0.1) is 11.7 Å². The van der Waals surface area contributed by atoms with Crippen molar-refractivity contribution in [1.29, 1.82) is 0 Å². The average Bonchev–Trinajstić information content (AvgIpc) is 3.31. The third-order valence-corrected chi connectivity index (χ3v) is 5.21. The molecule has 1 atom stereocenters. The zero-order chi connectivity index (χ0) is 18.3. The van der Waals surface area contributed by atoms with Gasteiger partial charge in [-0.2, -0.15) is 5.10 Å². The summed E-state index contributed by atoms with van der Waals surface area (Å²) in [7, 11) is 0. The topological polar surface area (TPSA) is 42.7 Å². The first-order valence-corrected chi connectivity index (χ1v) is 9.21. The number of rotatable bonds is 5. The molecule has 1 fully saturated rings. The second-order valence-corrected chi connectivity index (χ2v) is 7.28. The van der Waals surface area contributed by atoms with Gasteiger partial charge in [0.05, 0.1) is 5.02 Å². The number of hydrogen-bond donors (Lipinski definition) is 1. The summed E-state index contributed by atoms with van der Waals surface area (Å²) in [6.07, 6.45) is 5.82. The van der Waals surface area contributed by atoms with E-state index in [1.165, 1.54) is 18.9 Å². The highest BCUT2D eigenvalue weighted by molar-refractivity contribution is 6.36. The summed E-state index contributed by atoms with van der Waals surface area (Å²) in [6.45, 7) is 2.12. The molecule has 0 aliphatic heterocycles. The largest absolute Gasteiger partial charge is 0.382 e. The number of halogens is 3. The molecular weight excluding hydrogens is 374 g/mol. The Bertz CT molecular complexity index is 919. The van der Waals surface area contributed by atoms with E-state index in [0.717, 1.165) is 0 Å². The van der Waals surface area contributed by atoms with E-state index in [1.54, 1.807) is 35.3 Å². The fourth-order valence-corrected chi connectivity index (χ4v) is 3.61. The smallest absolute Gasteiger partial charge is 0.157 e. The lowest BCUT2D eigenvalue weighted by Crippen LogP contribution is -2.18. The first-order chi connectivity index (χ1) is 12.5. The lowest BCUT2D eigenvalue weighted by atomic mass is 10.0. The van der Waals surface area contributed by atoms with Crippen molar-refractivity contribution in [2.24, 2.45) is 5.92 Å². The van der Waals surface area contributed by atoms with Crippen molar-refractivity contribution in [1.82, 2.24) is 14.8 Å². The molecule has 1 aliphatic rings. The van der Waals surface area contributed by atoms with Gasteiger partial charge in [0.2, 0.25) is 0 Å². The van der Waals surface area contributed by atoms with Gasteiger partial charge in [-0.15, -0.1) is 0 Å². The SMILES string of the molecule is CC(Nc1cc(-n2cccn2)nc(Cl)c1-c1c(F)cccc1Cl)C1CC1. The molecular formula is C19H17Cl2FN4. The van der Waals surface area contributed by atoms with E-state index >= 15 is 0 Å². The zero-order valence-electron chi connectivity index (χ0n) is 14.1. The number of benzene rings is 1. The number of hydrogen-bond acceptors (Lipinski definition) is 3. The second kappa shape index (κ2) is 6.89. The molecule has 1 aromatic carbocycles. The molecule has 134 valence electrons. The third-order valence-electron chi connectivity index (χ3n) is 4.63. The highest BCUT2D eigenvalue weighted by Crippen LogP contribution is 2.42. The molecule has 1 unspecified atom stereocenters. The van der Waals surface area contributed by atoms with Crippen LogP contribution in [0.4, 0.5) is 10.1 Å². The minimum absolute atomic E-state index is 0.176. The summed E-state index contributed by atoms with van der Waals surface area (Å²) in [5.74, 6) is 0.732. The predicted octanol–water partition coefficient (Wildman–Crippen LogP) is 5.59. The van der Waals surface area contributed by atoms with Crippen LogP contribution in [0.2, 0.25) is 10.2 Å². The Morgan fingerprint density at radius 2 is 2.04 bits per heavy atom. The molecule has 3 aromatic rings. The summed E-state index contributed by atoms with van der Waals surface area (Å²) in [6, 6.07) is 8.45. The standard InChI is InChI=1S/C19H17Cl2FN4/c1-11(12-6-7-12)24-15-10-16(26-9-3-8-23-26)25-19(21)18(15)17-13(20)4-2-5-14(17)22/h2-5,8-12H,6-7H2,1H3,(H,24,25). The predicted molar refractivity (Wildman–Crippen MR) is 103 cm³/mol. The van der Waals surface area contributed by atoms with Gasteiger partial charge in [0, 0.05) is 41.3 Å². The number of pyridine rings is 1. The van der Waals surface area contributed by atoms with Crippen LogP contribution in [0.15, 0.2) is 42.7 Å². The lowest BCUT2D eigenvalue weighted by molar-refractivity contribution is 0.631. The molecule has 1 N–H and O–H groups in total. The van der Waals surface area contributed by atoms with Gasteiger partial charge in [0.25, 0.3) is 0 Å². The Morgan fingerprint density at radius 3 is 2.69 bits per heavy atom. The molecule has 0 amide bonds. The Kier molecular flexibility index (Phi) is 4.59. The molecule has 0 spiro atoms. The van der Waals surface area contributed by atoms with Gasteiger partial charge in [-0.25, -0.2) is 14.1 Å². The van der Waals surface area contributed by atoms with Gasteiger partial charge < -0.3 is 5.32 Å². The van der Waals surface area contributed by atoms with Crippen LogP contribution in [0.1, 0.15) is 19.8 Å². The quantitative estimate of drug-likeness (QED) is 0.577. The van der Waals surface area contributed by atoms with E-state index in [-0.39, 0.29) is 16.8 Å². The zero-order valence-corrected chi connectivity index (χ0v) is 15.6. The summed E-state index contributed by atoms with van der Waals surface area (Å²) in [5, 5.41) is 8.15. The van der Waals surface area contributed by atoms with Gasteiger partial charge in [-0.3, -0.25) is 0 Å². The molecule has 0 radical (unpaired) electrons. The van der Waals surface area contributed by atoms with E-state index in [4.69, 9.17) is 23.2 Å². The highest BCUT2D eigenvalue weighted by atomic mass is 35.5. The van der Waals surface area contributed by atoms with Crippen LogP contribution < -0.4 is 5.32 Å². The summed E-state index contributed by atoms with van der Waals surface area (Å²) in [5.41, 5.74) is 1.42. The number of nitrogens with one attached hydrogen (secondary N) is 1. The van der Waals surface area contributed by atoms with Crippen molar-refractivity contribution in [2.45, 2.75) is 25.8 Å². The van der Waals surface area contributed by atoms with Crippen LogP contribution in [0.25, 0.3) is 16.9 Å². The highest BCUT2D eigenvalue weighted by Gasteiger charge is 2.29. The van der Waals surface area contributed by atoms with E-state index in [2.05, 4.69) is 22.3 Å². The molecule has 1 saturated carbocycles. The van der Waals surface area contributed by atoms with Crippen LogP contribution in [0.5, 0.6) is 0 Å². The summed E-state index contributed by atoms with van der Waals surface area (Å²) < 4.78 is 16.2. The average molecular weight is 391 g/mol. The van der Waals surface area contributed by atoms with Gasteiger partial charge >= 0.3 is 0 Å². The van der Waals surface area contributed by atoms with Crippen molar-refractivity contribution in [2.75, 3.05) is 5.32 Å².